The van der Waals surface area contributed by atoms with E-state index in [2.05, 4.69) is 0 Å². The first kappa shape index (κ1) is 12.8. The maximum atomic E-state index is 11.6. The Morgan fingerprint density at radius 1 is 1.31 bits per heavy atom. The molecule has 0 N–H and O–H groups in total. The first-order valence-electron chi connectivity index (χ1n) is 4.54. The Kier molecular flexibility index (Phi) is 4.24. The van der Waals surface area contributed by atoms with Crippen molar-refractivity contribution in [3.8, 4) is 0 Å². The molecule has 0 heterocycles. The molecule has 0 aromatic rings. The van der Waals surface area contributed by atoms with Crippen LogP contribution in [0.2, 0.25) is 0 Å². The summed E-state index contributed by atoms with van der Waals surface area (Å²) in [5.41, 5.74) is -0.978. The standard InChI is InChI=1S/C10H19ClO2/c1-6-9(2,3)8(12)13-10(4,5)7-11/h6-7H2,1-5H3. The zero-order valence-corrected chi connectivity index (χ0v) is 9.86. The van der Waals surface area contributed by atoms with Crippen molar-refractivity contribution in [2.45, 2.75) is 46.6 Å². The van der Waals surface area contributed by atoms with Crippen molar-refractivity contribution >= 4 is 17.6 Å². The Labute approximate surface area is 85.6 Å². The van der Waals surface area contributed by atoms with E-state index in [9.17, 15) is 4.79 Å². The molecular formula is C10H19ClO2. The molecule has 0 fully saturated rings. The van der Waals surface area contributed by atoms with Crippen LogP contribution in [0.3, 0.4) is 0 Å². The van der Waals surface area contributed by atoms with Crippen LogP contribution < -0.4 is 0 Å². The van der Waals surface area contributed by atoms with Gasteiger partial charge in [0.25, 0.3) is 0 Å². The van der Waals surface area contributed by atoms with Gasteiger partial charge in [0.1, 0.15) is 5.60 Å². The molecule has 0 aliphatic carbocycles. The summed E-state index contributed by atoms with van der Waals surface area (Å²) >= 11 is 5.65. The van der Waals surface area contributed by atoms with Gasteiger partial charge in [-0.2, -0.15) is 0 Å². The second-order valence-electron chi connectivity index (χ2n) is 4.52. The molecule has 0 bridgehead atoms. The van der Waals surface area contributed by atoms with E-state index < -0.39 is 11.0 Å². The summed E-state index contributed by atoms with van der Waals surface area (Å²) in [7, 11) is 0. The first-order chi connectivity index (χ1) is 5.75. The molecule has 0 atom stereocenters. The fourth-order valence-corrected chi connectivity index (χ4v) is 0.615. The number of rotatable bonds is 4. The highest BCUT2D eigenvalue weighted by Crippen LogP contribution is 2.25. The van der Waals surface area contributed by atoms with E-state index in [0.29, 0.717) is 5.88 Å². The van der Waals surface area contributed by atoms with E-state index in [4.69, 9.17) is 16.3 Å². The molecule has 0 amide bonds. The molecule has 3 heteroatoms. The highest BCUT2D eigenvalue weighted by Gasteiger charge is 2.32. The summed E-state index contributed by atoms with van der Waals surface area (Å²) in [5, 5.41) is 0. The maximum Gasteiger partial charge on any atom is 0.312 e. The van der Waals surface area contributed by atoms with Crippen molar-refractivity contribution in [3.63, 3.8) is 0 Å². The maximum absolute atomic E-state index is 11.6. The molecule has 0 saturated heterocycles. The van der Waals surface area contributed by atoms with Crippen LogP contribution in [0.4, 0.5) is 0 Å². The number of hydrogen-bond donors (Lipinski definition) is 0. The fourth-order valence-electron chi connectivity index (χ4n) is 0.561. The van der Waals surface area contributed by atoms with Gasteiger partial charge in [-0.25, -0.2) is 0 Å². The lowest BCUT2D eigenvalue weighted by atomic mass is 9.90. The number of carbonyl (C=O) groups excluding carboxylic acids is 1. The molecule has 0 aromatic heterocycles. The topological polar surface area (TPSA) is 26.3 Å². The summed E-state index contributed by atoms with van der Waals surface area (Å²) in [6.07, 6.45) is 0.768. The Balaban J connectivity index is 4.31. The summed E-state index contributed by atoms with van der Waals surface area (Å²) in [6, 6.07) is 0. The second kappa shape index (κ2) is 4.32. The van der Waals surface area contributed by atoms with Gasteiger partial charge in [-0.3, -0.25) is 4.79 Å². The molecular weight excluding hydrogens is 188 g/mol. The van der Waals surface area contributed by atoms with Crippen molar-refractivity contribution in [2.24, 2.45) is 5.41 Å². The van der Waals surface area contributed by atoms with Crippen molar-refractivity contribution in [3.05, 3.63) is 0 Å². The van der Waals surface area contributed by atoms with Gasteiger partial charge in [0, 0.05) is 0 Å². The molecule has 0 spiro atoms. The summed E-state index contributed by atoms with van der Waals surface area (Å²) < 4.78 is 5.27. The van der Waals surface area contributed by atoms with Crippen molar-refractivity contribution in [1.29, 1.82) is 0 Å². The Morgan fingerprint density at radius 2 is 1.77 bits per heavy atom. The van der Waals surface area contributed by atoms with E-state index in [-0.39, 0.29) is 5.97 Å². The third kappa shape index (κ3) is 3.99. The number of alkyl halides is 1. The van der Waals surface area contributed by atoms with E-state index in [0.717, 1.165) is 6.42 Å². The molecule has 0 rings (SSSR count). The van der Waals surface area contributed by atoms with E-state index >= 15 is 0 Å². The molecule has 13 heavy (non-hydrogen) atoms. The highest BCUT2D eigenvalue weighted by atomic mass is 35.5. The Hall–Kier alpha value is -0.240. The quantitative estimate of drug-likeness (QED) is 0.522. The molecule has 0 aliphatic heterocycles. The van der Waals surface area contributed by atoms with Gasteiger partial charge in [0.15, 0.2) is 0 Å². The first-order valence-corrected chi connectivity index (χ1v) is 5.08. The van der Waals surface area contributed by atoms with Crippen molar-refractivity contribution in [1.82, 2.24) is 0 Å². The van der Waals surface area contributed by atoms with Gasteiger partial charge in [-0.1, -0.05) is 6.92 Å². The zero-order valence-electron chi connectivity index (χ0n) is 9.11. The smallest absolute Gasteiger partial charge is 0.312 e. The molecule has 2 nitrogen and oxygen atoms in total. The van der Waals surface area contributed by atoms with Crippen LogP contribution in [-0.4, -0.2) is 17.5 Å². The number of esters is 1. The van der Waals surface area contributed by atoms with Crippen LogP contribution in [0.15, 0.2) is 0 Å². The SMILES string of the molecule is CCC(C)(C)C(=O)OC(C)(C)CCl. The third-order valence-electron chi connectivity index (χ3n) is 2.13. The summed E-state index contributed by atoms with van der Waals surface area (Å²) in [4.78, 5) is 11.6. The largest absolute Gasteiger partial charge is 0.458 e. The molecule has 0 aromatic carbocycles. The van der Waals surface area contributed by atoms with Crippen LogP contribution in [0.5, 0.6) is 0 Å². The average molecular weight is 207 g/mol. The number of carbonyl (C=O) groups is 1. The number of ether oxygens (including phenoxy) is 1. The lowest BCUT2D eigenvalue weighted by Crippen LogP contribution is -2.36. The number of hydrogen-bond acceptors (Lipinski definition) is 2. The van der Waals surface area contributed by atoms with Crippen LogP contribution >= 0.6 is 11.6 Å². The van der Waals surface area contributed by atoms with Gasteiger partial charge in [-0.15, -0.1) is 11.6 Å². The van der Waals surface area contributed by atoms with Gasteiger partial charge in [0.2, 0.25) is 0 Å². The lowest BCUT2D eigenvalue weighted by molar-refractivity contribution is -0.165. The minimum atomic E-state index is -0.564. The van der Waals surface area contributed by atoms with E-state index in [1.165, 1.54) is 0 Å². The third-order valence-corrected chi connectivity index (χ3v) is 2.77. The number of halogens is 1. The predicted octanol–water partition coefficient (Wildman–Crippen LogP) is 2.98. The van der Waals surface area contributed by atoms with Gasteiger partial charge in [-0.05, 0) is 34.1 Å². The molecule has 0 unspecified atom stereocenters. The minimum Gasteiger partial charge on any atom is -0.458 e. The summed E-state index contributed by atoms with van der Waals surface area (Å²) in [5.74, 6) is 0.138. The van der Waals surface area contributed by atoms with Crippen molar-refractivity contribution < 1.29 is 9.53 Å². The predicted molar refractivity (Wildman–Crippen MR) is 55.0 cm³/mol. The Bertz CT molecular complexity index is 185. The Morgan fingerprint density at radius 3 is 2.08 bits per heavy atom. The summed E-state index contributed by atoms with van der Waals surface area (Å²) in [6.45, 7) is 9.33. The van der Waals surface area contributed by atoms with E-state index in [1.807, 2.05) is 34.6 Å². The van der Waals surface area contributed by atoms with Gasteiger partial charge >= 0.3 is 5.97 Å². The fraction of sp³-hybridized carbons (Fsp3) is 0.900. The van der Waals surface area contributed by atoms with Crippen LogP contribution in [0, 0.1) is 5.41 Å². The van der Waals surface area contributed by atoms with Gasteiger partial charge in [0.05, 0.1) is 11.3 Å². The molecule has 78 valence electrons. The van der Waals surface area contributed by atoms with E-state index in [1.54, 1.807) is 0 Å². The molecule has 0 aliphatic rings. The monoisotopic (exact) mass is 206 g/mol. The van der Waals surface area contributed by atoms with Crippen LogP contribution in [0.1, 0.15) is 41.0 Å². The van der Waals surface area contributed by atoms with Gasteiger partial charge < -0.3 is 4.74 Å². The van der Waals surface area contributed by atoms with Crippen LogP contribution in [-0.2, 0) is 9.53 Å². The van der Waals surface area contributed by atoms with Crippen molar-refractivity contribution in [2.75, 3.05) is 5.88 Å². The lowest BCUT2D eigenvalue weighted by Gasteiger charge is -2.28. The highest BCUT2D eigenvalue weighted by molar-refractivity contribution is 6.18. The minimum absolute atomic E-state index is 0.180. The molecule has 0 saturated carbocycles. The normalized spacial score (nSPS) is 12.8. The van der Waals surface area contributed by atoms with Crippen LogP contribution in [0.25, 0.3) is 0 Å². The zero-order chi connectivity index (χ0) is 10.7. The average Bonchev–Trinajstić information content (AvgIpc) is 2.04. The second-order valence-corrected chi connectivity index (χ2v) is 4.79. The molecule has 0 radical (unpaired) electrons.